The number of aromatic carboxylic acids is 1. The summed E-state index contributed by atoms with van der Waals surface area (Å²) >= 11 is 0. The number of imidazole rings is 1. The van der Waals surface area contributed by atoms with Crippen molar-refractivity contribution in [2.45, 2.75) is 6.10 Å². The summed E-state index contributed by atoms with van der Waals surface area (Å²) in [6, 6.07) is 5.34. The highest BCUT2D eigenvalue weighted by Crippen LogP contribution is 2.23. The van der Waals surface area contributed by atoms with E-state index >= 15 is 0 Å². The lowest BCUT2D eigenvalue weighted by atomic mass is 10.2. The predicted octanol–water partition coefficient (Wildman–Crippen LogP) is 0.230. The molecule has 1 atom stereocenters. The van der Waals surface area contributed by atoms with Crippen LogP contribution in [-0.2, 0) is 4.74 Å². The molecule has 20 heavy (non-hydrogen) atoms. The fourth-order valence-corrected chi connectivity index (χ4v) is 2.42. The molecule has 1 saturated heterocycles. The Morgan fingerprint density at radius 1 is 1.50 bits per heavy atom. The molecule has 2 aromatic rings. The second-order valence-electron chi connectivity index (χ2n) is 4.64. The molecule has 3 heterocycles. The molecule has 0 bridgehead atoms. The van der Waals surface area contributed by atoms with Gasteiger partial charge in [0.25, 0.3) is 0 Å². The fraction of sp³-hybridized carbons (Fsp3) is 0.385. The summed E-state index contributed by atoms with van der Waals surface area (Å²) in [5.74, 6) is -0.601. The lowest BCUT2D eigenvalue weighted by Gasteiger charge is -2.32. The standard InChI is InChI=1S/C13H15N3O4/c17-8-9-7-15(5-6-20-9)12-11(13(18)19)16-4-2-1-3-10(16)14-12/h1-4,9,17H,5-8H2,(H,18,19). The summed E-state index contributed by atoms with van der Waals surface area (Å²) in [6.45, 7) is 1.34. The third-order valence-electron chi connectivity index (χ3n) is 3.36. The van der Waals surface area contributed by atoms with Gasteiger partial charge in [0.05, 0.1) is 19.3 Å². The number of hydrogen-bond donors (Lipinski definition) is 2. The Balaban J connectivity index is 2.06. The van der Waals surface area contributed by atoms with Crippen LogP contribution in [0.25, 0.3) is 5.65 Å². The van der Waals surface area contributed by atoms with Gasteiger partial charge in [0.15, 0.2) is 11.5 Å². The summed E-state index contributed by atoms with van der Waals surface area (Å²) in [6.07, 6.45) is 1.37. The number of carboxylic acid groups (broad SMARTS) is 1. The van der Waals surface area contributed by atoms with E-state index < -0.39 is 5.97 Å². The van der Waals surface area contributed by atoms with Crippen molar-refractivity contribution in [2.75, 3.05) is 31.2 Å². The molecule has 2 aromatic heterocycles. The number of carboxylic acids is 1. The zero-order chi connectivity index (χ0) is 14.1. The third kappa shape index (κ3) is 2.10. The molecule has 2 N–H and O–H groups in total. The number of hydrogen-bond acceptors (Lipinski definition) is 5. The van der Waals surface area contributed by atoms with Crippen molar-refractivity contribution in [1.82, 2.24) is 9.38 Å². The van der Waals surface area contributed by atoms with Crippen molar-refractivity contribution >= 4 is 17.4 Å². The normalized spacial score (nSPS) is 19.4. The van der Waals surface area contributed by atoms with Crippen LogP contribution in [0.15, 0.2) is 24.4 Å². The van der Waals surface area contributed by atoms with Gasteiger partial charge in [0, 0.05) is 19.3 Å². The van der Waals surface area contributed by atoms with Crippen molar-refractivity contribution in [3.05, 3.63) is 30.1 Å². The van der Waals surface area contributed by atoms with Crippen LogP contribution in [0.2, 0.25) is 0 Å². The van der Waals surface area contributed by atoms with Gasteiger partial charge in [-0.25, -0.2) is 9.78 Å². The lowest BCUT2D eigenvalue weighted by molar-refractivity contribution is 0.00330. The van der Waals surface area contributed by atoms with Gasteiger partial charge in [-0.15, -0.1) is 0 Å². The largest absolute Gasteiger partial charge is 0.476 e. The van der Waals surface area contributed by atoms with Gasteiger partial charge in [-0.2, -0.15) is 0 Å². The average molecular weight is 277 g/mol. The highest BCUT2D eigenvalue weighted by molar-refractivity contribution is 5.93. The first-order valence-corrected chi connectivity index (χ1v) is 6.38. The van der Waals surface area contributed by atoms with Crippen LogP contribution in [0.3, 0.4) is 0 Å². The van der Waals surface area contributed by atoms with E-state index in [1.165, 1.54) is 0 Å². The zero-order valence-electron chi connectivity index (χ0n) is 10.8. The van der Waals surface area contributed by atoms with Crippen molar-refractivity contribution in [1.29, 1.82) is 0 Å². The number of pyridine rings is 1. The van der Waals surface area contributed by atoms with E-state index in [1.54, 1.807) is 22.7 Å². The minimum atomic E-state index is -1.02. The number of aliphatic hydroxyl groups excluding tert-OH is 1. The number of aromatic nitrogens is 2. The Labute approximate surface area is 115 Å². The van der Waals surface area contributed by atoms with Crippen molar-refractivity contribution in [3.8, 4) is 0 Å². The second kappa shape index (κ2) is 5.10. The molecule has 1 aliphatic rings. The molecule has 1 unspecified atom stereocenters. The molecule has 0 amide bonds. The summed E-state index contributed by atoms with van der Waals surface area (Å²) < 4.78 is 6.94. The topological polar surface area (TPSA) is 87.3 Å². The van der Waals surface area contributed by atoms with Crippen LogP contribution in [0.4, 0.5) is 5.82 Å². The molecule has 0 radical (unpaired) electrons. The van der Waals surface area contributed by atoms with E-state index in [1.807, 2.05) is 11.0 Å². The van der Waals surface area contributed by atoms with E-state index in [9.17, 15) is 15.0 Å². The SMILES string of the molecule is O=C(O)c1c(N2CCOC(CO)C2)nc2ccccn12. The average Bonchev–Trinajstić information content (AvgIpc) is 2.87. The lowest BCUT2D eigenvalue weighted by Crippen LogP contribution is -2.44. The molecule has 7 heteroatoms. The van der Waals surface area contributed by atoms with E-state index in [0.29, 0.717) is 31.2 Å². The quantitative estimate of drug-likeness (QED) is 0.835. The second-order valence-corrected chi connectivity index (χ2v) is 4.64. The van der Waals surface area contributed by atoms with Crippen molar-refractivity contribution in [3.63, 3.8) is 0 Å². The molecule has 106 valence electrons. The van der Waals surface area contributed by atoms with E-state index in [4.69, 9.17) is 4.74 Å². The maximum atomic E-state index is 11.5. The highest BCUT2D eigenvalue weighted by atomic mass is 16.5. The zero-order valence-corrected chi connectivity index (χ0v) is 10.8. The molecule has 0 aliphatic carbocycles. The number of carbonyl (C=O) groups is 1. The Kier molecular flexibility index (Phi) is 3.29. The van der Waals surface area contributed by atoms with Gasteiger partial charge < -0.3 is 19.8 Å². The van der Waals surface area contributed by atoms with Gasteiger partial charge in [-0.1, -0.05) is 6.07 Å². The highest BCUT2D eigenvalue weighted by Gasteiger charge is 2.27. The first-order valence-electron chi connectivity index (χ1n) is 6.38. The van der Waals surface area contributed by atoms with Crippen LogP contribution in [0, 0.1) is 0 Å². The number of aliphatic hydroxyl groups is 1. The smallest absolute Gasteiger partial charge is 0.356 e. The van der Waals surface area contributed by atoms with Gasteiger partial charge in [-0.3, -0.25) is 4.40 Å². The molecule has 0 aromatic carbocycles. The maximum absolute atomic E-state index is 11.5. The van der Waals surface area contributed by atoms with Crippen LogP contribution < -0.4 is 4.90 Å². The third-order valence-corrected chi connectivity index (χ3v) is 3.36. The fourth-order valence-electron chi connectivity index (χ4n) is 2.42. The number of rotatable bonds is 3. The van der Waals surface area contributed by atoms with E-state index in [2.05, 4.69) is 4.98 Å². The molecule has 1 fully saturated rings. The van der Waals surface area contributed by atoms with Gasteiger partial charge >= 0.3 is 5.97 Å². The predicted molar refractivity (Wildman–Crippen MR) is 71.2 cm³/mol. The number of fused-ring (bicyclic) bond motifs is 1. The number of anilines is 1. The van der Waals surface area contributed by atoms with E-state index in [0.717, 1.165) is 0 Å². The van der Waals surface area contributed by atoms with Crippen LogP contribution in [0.5, 0.6) is 0 Å². The number of morpholine rings is 1. The first kappa shape index (κ1) is 12.9. The maximum Gasteiger partial charge on any atom is 0.356 e. The minimum absolute atomic E-state index is 0.0910. The van der Waals surface area contributed by atoms with Crippen LogP contribution in [-0.4, -0.2) is 58.0 Å². The number of nitrogens with zero attached hydrogens (tertiary/aromatic N) is 3. The van der Waals surface area contributed by atoms with Crippen molar-refractivity contribution in [2.24, 2.45) is 0 Å². The summed E-state index contributed by atoms with van der Waals surface area (Å²) in [7, 11) is 0. The number of ether oxygens (including phenoxy) is 1. The molecular formula is C13H15N3O4. The molecule has 3 rings (SSSR count). The van der Waals surface area contributed by atoms with Crippen LogP contribution >= 0.6 is 0 Å². The van der Waals surface area contributed by atoms with Crippen molar-refractivity contribution < 1.29 is 19.7 Å². The Bertz CT molecular complexity index is 640. The van der Waals surface area contributed by atoms with Gasteiger partial charge in [-0.05, 0) is 12.1 Å². The van der Waals surface area contributed by atoms with Gasteiger partial charge in [0.2, 0.25) is 0 Å². The van der Waals surface area contributed by atoms with Gasteiger partial charge in [0.1, 0.15) is 5.65 Å². The Morgan fingerprint density at radius 2 is 2.35 bits per heavy atom. The monoisotopic (exact) mass is 277 g/mol. The molecule has 7 nitrogen and oxygen atoms in total. The summed E-state index contributed by atoms with van der Waals surface area (Å²) in [4.78, 5) is 17.8. The summed E-state index contributed by atoms with van der Waals surface area (Å²) in [5, 5.41) is 18.6. The Morgan fingerprint density at radius 3 is 3.10 bits per heavy atom. The molecular weight excluding hydrogens is 262 g/mol. The summed E-state index contributed by atoms with van der Waals surface area (Å²) in [5.41, 5.74) is 0.728. The minimum Gasteiger partial charge on any atom is -0.476 e. The van der Waals surface area contributed by atoms with E-state index in [-0.39, 0.29) is 18.4 Å². The molecule has 0 spiro atoms. The molecule has 1 aliphatic heterocycles. The molecule has 0 saturated carbocycles. The Hall–Kier alpha value is -2.12. The van der Waals surface area contributed by atoms with Crippen LogP contribution in [0.1, 0.15) is 10.5 Å². The first-order chi connectivity index (χ1) is 9.70.